The lowest BCUT2D eigenvalue weighted by molar-refractivity contribution is 1.21. The van der Waals surface area contributed by atoms with Gasteiger partial charge in [0.15, 0.2) is 0 Å². The fourth-order valence-corrected chi connectivity index (χ4v) is 1.41. The van der Waals surface area contributed by atoms with Gasteiger partial charge in [0.1, 0.15) is 11.3 Å². The minimum absolute atomic E-state index is 0.287. The first-order valence-electron chi connectivity index (χ1n) is 3.20. The molecule has 0 bridgehead atoms. The van der Waals surface area contributed by atoms with Crippen LogP contribution in [0.3, 0.4) is 0 Å². The maximum atomic E-state index is 10.9. The molecule has 0 fully saturated rings. The van der Waals surface area contributed by atoms with Gasteiger partial charge in [-0.15, -0.1) is 0 Å². The van der Waals surface area contributed by atoms with Gasteiger partial charge in [0, 0.05) is 6.20 Å². The summed E-state index contributed by atoms with van der Waals surface area (Å²) in [7, 11) is 0. The van der Waals surface area contributed by atoms with Crippen molar-refractivity contribution in [3.63, 3.8) is 0 Å². The second kappa shape index (κ2) is 2.34. The van der Waals surface area contributed by atoms with E-state index in [0.717, 1.165) is 0 Å². The lowest BCUT2D eigenvalue weighted by Gasteiger charge is -1.94. The number of pyridine rings is 1. The van der Waals surface area contributed by atoms with Crippen LogP contribution in [0.2, 0.25) is 0 Å². The van der Waals surface area contributed by atoms with Crippen LogP contribution in [0.4, 0.5) is 5.82 Å². The van der Waals surface area contributed by atoms with Crippen molar-refractivity contribution in [2.75, 3.05) is 5.73 Å². The summed E-state index contributed by atoms with van der Waals surface area (Å²) < 4.78 is 0.713. The quantitative estimate of drug-likeness (QED) is 0.617. The van der Waals surface area contributed by atoms with Crippen molar-refractivity contribution in [3.05, 3.63) is 21.2 Å². The number of imidazole rings is 1. The predicted octanol–water partition coefficient (Wildman–Crippen LogP) is 0.596. The van der Waals surface area contributed by atoms with Gasteiger partial charge < -0.3 is 15.7 Å². The van der Waals surface area contributed by atoms with E-state index >= 15 is 0 Å². The van der Waals surface area contributed by atoms with Crippen molar-refractivity contribution < 1.29 is 0 Å². The number of fused-ring (bicyclic) bond motifs is 1. The van der Waals surface area contributed by atoms with Gasteiger partial charge in [-0.3, -0.25) is 0 Å². The van der Waals surface area contributed by atoms with Gasteiger partial charge in [-0.05, 0) is 15.9 Å². The number of H-pyrrole nitrogens is 2. The molecule has 0 unspecified atom stereocenters. The van der Waals surface area contributed by atoms with Crippen molar-refractivity contribution in [1.29, 1.82) is 0 Å². The molecule has 62 valence electrons. The Morgan fingerprint density at radius 3 is 2.75 bits per heavy atom. The average molecular weight is 229 g/mol. The molecule has 2 aromatic heterocycles. The summed E-state index contributed by atoms with van der Waals surface area (Å²) in [5.41, 5.74) is 6.41. The first-order valence-corrected chi connectivity index (χ1v) is 4.00. The minimum Gasteiger partial charge on any atom is -0.382 e. The van der Waals surface area contributed by atoms with Crippen LogP contribution in [0.1, 0.15) is 0 Å². The van der Waals surface area contributed by atoms with Crippen LogP contribution in [0, 0.1) is 0 Å². The molecule has 0 saturated heterocycles. The van der Waals surface area contributed by atoms with Crippen molar-refractivity contribution in [1.82, 2.24) is 15.0 Å². The van der Waals surface area contributed by atoms with Crippen LogP contribution in [-0.2, 0) is 0 Å². The van der Waals surface area contributed by atoms with E-state index < -0.39 is 0 Å². The third-order valence-electron chi connectivity index (χ3n) is 1.54. The van der Waals surface area contributed by atoms with E-state index in [1.54, 1.807) is 6.20 Å². The Balaban J connectivity index is 3.03. The SMILES string of the molecule is Nc1ncc(Br)c2[nH]c(=O)[nH]c12. The highest BCUT2D eigenvalue weighted by Crippen LogP contribution is 2.21. The lowest BCUT2D eigenvalue weighted by atomic mass is 10.4. The topological polar surface area (TPSA) is 87.6 Å². The monoisotopic (exact) mass is 228 g/mol. The average Bonchev–Trinajstić information content (AvgIpc) is 2.41. The zero-order valence-electron chi connectivity index (χ0n) is 5.89. The summed E-state index contributed by atoms with van der Waals surface area (Å²) in [6, 6.07) is 0. The highest BCUT2D eigenvalue weighted by molar-refractivity contribution is 9.10. The van der Waals surface area contributed by atoms with E-state index in [2.05, 4.69) is 30.9 Å². The molecule has 4 N–H and O–H groups in total. The molecular weight excluding hydrogens is 224 g/mol. The zero-order chi connectivity index (χ0) is 8.72. The summed E-state index contributed by atoms with van der Waals surface area (Å²) in [6.07, 6.45) is 1.54. The van der Waals surface area contributed by atoms with Crippen LogP contribution in [0.15, 0.2) is 15.5 Å². The second-order valence-electron chi connectivity index (χ2n) is 2.32. The Bertz CT molecular complexity index is 444. The third kappa shape index (κ3) is 0.918. The lowest BCUT2D eigenvalue weighted by Crippen LogP contribution is -1.99. The third-order valence-corrected chi connectivity index (χ3v) is 2.14. The fourth-order valence-electron chi connectivity index (χ4n) is 1.01. The van der Waals surface area contributed by atoms with E-state index in [0.29, 0.717) is 21.3 Å². The van der Waals surface area contributed by atoms with Crippen LogP contribution in [-0.4, -0.2) is 15.0 Å². The molecule has 0 aliphatic rings. The van der Waals surface area contributed by atoms with Gasteiger partial charge in [0.25, 0.3) is 0 Å². The summed E-state index contributed by atoms with van der Waals surface area (Å²) >= 11 is 3.24. The smallest absolute Gasteiger partial charge is 0.323 e. The summed E-state index contributed by atoms with van der Waals surface area (Å²) in [5, 5.41) is 0. The molecule has 0 aromatic carbocycles. The number of halogens is 1. The van der Waals surface area contributed by atoms with Gasteiger partial charge in [0.2, 0.25) is 0 Å². The van der Waals surface area contributed by atoms with Gasteiger partial charge in [0.05, 0.1) is 9.99 Å². The van der Waals surface area contributed by atoms with Gasteiger partial charge >= 0.3 is 5.69 Å². The summed E-state index contributed by atoms with van der Waals surface area (Å²) in [5.74, 6) is 0.312. The van der Waals surface area contributed by atoms with E-state index in [4.69, 9.17) is 5.73 Å². The number of nitrogens with zero attached hydrogens (tertiary/aromatic N) is 1. The predicted molar refractivity (Wildman–Crippen MR) is 48.8 cm³/mol. The first-order chi connectivity index (χ1) is 5.68. The van der Waals surface area contributed by atoms with E-state index in [1.165, 1.54) is 0 Å². The first kappa shape index (κ1) is 7.35. The standard InChI is InChI=1S/C6H5BrN4O/c7-2-1-9-5(8)4-3(2)10-6(12)11-4/h1H,(H2,8,9)(H2,10,11,12). The maximum absolute atomic E-state index is 10.9. The molecule has 0 atom stereocenters. The molecule has 5 nitrogen and oxygen atoms in total. The van der Waals surface area contributed by atoms with E-state index in [9.17, 15) is 4.79 Å². The van der Waals surface area contributed by atoms with Gasteiger partial charge in [-0.25, -0.2) is 9.78 Å². The number of hydrogen-bond acceptors (Lipinski definition) is 3. The molecule has 0 aliphatic carbocycles. The Kier molecular flexibility index (Phi) is 1.44. The number of aromatic amines is 2. The number of nitrogens with two attached hydrogens (primary N) is 1. The molecule has 12 heavy (non-hydrogen) atoms. The Labute approximate surface area is 75.1 Å². The number of nitrogens with one attached hydrogen (secondary N) is 2. The Morgan fingerprint density at radius 1 is 1.42 bits per heavy atom. The molecule has 0 amide bonds. The normalized spacial score (nSPS) is 10.8. The van der Waals surface area contributed by atoms with Crippen LogP contribution >= 0.6 is 15.9 Å². The molecule has 2 rings (SSSR count). The molecule has 2 heterocycles. The van der Waals surface area contributed by atoms with Crippen molar-refractivity contribution in [2.24, 2.45) is 0 Å². The molecular formula is C6H5BrN4O. The number of rotatable bonds is 0. The highest BCUT2D eigenvalue weighted by Gasteiger charge is 2.05. The number of anilines is 1. The van der Waals surface area contributed by atoms with Crippen molar-refractivity contribution in [3.8, 4) is 0 Å². The maximum Gasteiger partial charge on any atom is 0.323 e. The molecule has 0 aliphatic heterocycles. The van der Waals surface area contributed by atoms with Crippen molar-refractivity contribution in [2.45, 2.75) is 0 Å². The summed E-state index contributed by atoms with van der Waals surface area (Å²) in [4.78, 5) is 19.9. The van der Waals surface area contributed by atoms with Gasteiger partial charge in [-0.2, -0.15) is 0 Å². The highest BCUT2D eigenvalue weighted by atomic mass is 79.9. The van der Waals surface area contributed by atoms with Gasteiger partial charge in [-0.1, -0.05) is 0 Å². The van der Waals surface area contributed by atoms with E-state index in [-0.39, 0.29) is 5.69 Å². The van der Waals surface area contributed by atoms with Crippen molar-refractivity contribution >= 4 is 32.8 Å². The number of hydrogen-bond donors (Lipinski definition) is 3. The van der Waals surface area contributed by atoms with Crippen LogP contribution < -0.4 is 11.4 Å². The molecule has 6 heteroatoms. The Morgan fingerprint density at radius 2 is 2.08 bits per heavy atom. The molecule has 0 saturated carbocycles. The summed E-state index contributed by atoms with van der Waals surface area (Å²) in [6.45, 7) is 0. The fraction of sp³-hybridized carbons (Fsp3) is 0. The number of aromatic nitrogens is 3. The van der Waals surface area contributed by atoms with E-state index in [1.807, 2.05) is 0 Å². The second-order valence-corrected chi connectivity index (χ2v) is 3.17. The van der Waals surface area contributed by atoms with Crippen LogP contribution in [0.5, 0.6) is 0 Å². The minimum atomic E-state index is -0.287. The molecule has 0 radical (unpaired) electrons. The molecule has 2 aromatic rings. The Hall–Kier alpha value is -1.30. The largest absolute Gasteiger partial charge is 0.382 e. The zero-order valence-corrected chi connectivity index (χ0v) is 7.47. The molecule has 0 spiro atoms. The van der Waals surface area contributed by atoms with Crippen LogP contribution in [0.25, 0.3) is 11.0 Å². The number of nitrogen functional groups attached to an aromatic ring is 1.